The Hall–Kier alpha value is -1.29. The number of hydrogen-bond acceptors (Lipinski definition) is 3. The summed E-state index contributed by atoms with van der Waals surface area (Å²) in [6.07, 6.45) is 5.81. The lowest BCUT2D eigenvalue weighted by Crippen LogP contribution is -2.38. The Morgan fingerprint density at radius 2 is 1.96 bits per heavy atom. The molecule has 0 radical (unpaired) electrons. The van der Waals surface area contributed by atoms with Crippen LogP contribution in [0.3, 0.4) is 0 Å². The molecule has 138 valence electrons. The highest BCUT2D eigenvalue weighted by Crippen LogP contribution is 2.18. The van der Waals surface area contributed by atoms with Crippen LogP contribution in [0.25, 0.3) is 0 Å². The van der Waals surface area contributed by atoms with Gasteiger partial charge in [-0.15, -0.1) is 35.7 Å². The lowest BCUT2D eigenvalue weighted by atomic mass is 10.2. The standard InChI is InChI=1S/C17H24FN5S.HI/c1-19-17(21-10-8-14-12-22-23(2)13-14)20-9-3-11-24-16-6-4-15(18)5-7-16;/h4-7,12-13H,3,8-11H2,1-2H3,(H2,19,20,21);1H. The first-order valence-electron chi connectivity index (χ1n) is 7.98. The van der Waals surface area contributed by atoms with Gasteiger partial charge in [-0.25, -0.2) is 4.39 Å². The number of nitrogens with zero attached hydrogens (tertiary/aromatic N) is 3. The van der Waals surface area contributed by atoms with Gasteiger partial charge in [0.25, 0.3) is 0 Å². The minimum atomic E-state index is -0.192. The van der Waals surface area contributed by atoms with Crippen molar-refractivity contribution in [3.05, 3.63) is 48.0 Å². The van der Waals surface area contributed by atoms with Crippen molar-refractivity contribution in [2.75, 3.05) is 25.9 Å². The summed E-state index contributed by atoms with van der Waals surface area (Å²) in [4.78, 5) is 5.31. The summed E-state index contributed by atoms with van der Waals surface area (Å²) in [5.74, 6) is 1.60. The SMILES string of the molecule is CN=C(NCCCSc1ccc(F)cc1)NCCc1cnn(C)c1.I. The maximum atomic E-state index is 12.8. The summed E-state index contributed by atoms with van der Waals surface area (Å²) < 4.78 is 14.6. The monoisotopic (exact) mass is 477 g/mol. The smallest absolute Gasteiger partial charge is 0.190 e. The molecule has 2 aromatic rings. The molecule has 0 bridgehead atoms. The molecule has 0 saturated heterocycles. The molecule has 2 N–H and O–H groups in total. The Kier molecular flexibility index (Phi) is 10.6. The van der Waals surface area contributed by atoms with Gasteiger partial charge in [-0.3, -0.25) is 9.67 Å². The van der Waals surface area contributed by atoms with Gasteiger partial charge >= 0.3 is 0 Å². The van der Waals surface area contributed by atoms with Crippen LogP contribution in [0.5, 0.6) is 0 Å². The van der Waals surface area contributed by atoms with E-state index in [0.717, 1.165) is 42.5 Å². The van der Waals surface area contributed by atoms with E-state index in [4.69, 9.17) is 0 Å². The van der Waals surface area contributed by atoms with Gasteiger partial charge in [-0.1, -0.05) is 0 Å². The van der Waals surface area contributed by atoms with Crippen molar-refractivity contribution in [3.63, 3.8) is 0 Å². The molecule has 0 spiro atoms. The molecular weight excluding hydrogens is 452 g/mol. The molecule has 0 fully saturated rings. The van der Waals surface area contributed by atoms with Gasteiger partial charge < -0.3 is 10.6 Å². The molecule has 0 aliphatic rings. The second-order valence-electron chi connectivity index (χ2n) is 5.35. The second-order valence-corrected chi connectivity index (χ2v) is 6.52. The van der Waals surface area contributed by atoms with Crippen LogP contribution in [-0.2, 0) is 13.5 Å². The van der Waals surface area contributed by atoms with Crippen LogP contribution in [0.2, 0.25) is 0 Å². The number of benzene rings is 1. The van der Waals surface area contributed by atoms with Crippen molar-refractivity contribution in [1.29, 1.82) is 0 Å². The minimum Gasteiger partial charge on any atom is -0.356 e. The van der Waals surface area contributed by atoms with Gasteiger partial charge in [0.05, 0.1) is 6.20 Å². The molecule has 0 saturated carbocycles. The third-order valence-corrected chi connectivity index (χ3v) is 4.48. The Morgan fingerprint density at radius 1 is 1.24 bits per heavy atom. The molecule has 0 amide bonds. The van der Waals surface area contributed by atoms with Crippen molar-refractivity contribution in [1.82, 2.24) is 20.4 Å². The number of rotatable bonds is 8. The van der Waals surface area contributed by atoms with Gasteiger partial charge in [0.1, 0.15) is 5.82 Å². The summed E-state index contributed by atoms with van der Waals surface area (Å²) in [7, 11) is 3.69. The number of nitrogens with one attached hydrogen (secondary N) is 2. The predicted octanol–water partition coefficient (Wildman–Crippen LogP) is 3.07. The largest absolute Gasteiger partial charge is 0.356 e. The van der Waals surface area contributed by atoms with Crippen LogP contribution in [0.4, 0.5) is 4.39 Å². The zero-order valence-electron chi connectivity index (χ0n) is 14.5. The molecule has 0 aliphatic heterocycles. The number of halogens is 2. The van der Waals surface area contributed by atoms with Crippen molar-refractivity contribution >= 4 is 41.7 Å². The Morgan fingerprint density at radius 3 is 2.60 bits per heavy atom. The quantitative estimate of drug-likeness (QED) is 0.202. The third-order valence-electron chi connectivity index (χ3n) is 3.38. The van der Waals surface area contributed by atoms with E-state index < -0.39 is 0 Å². The van der Waals surface area contributed by atoms with Crippen molar-refractivity contribution in [3.8, 4) is 0 Å². The topological polar surface area (TPSA) is 54.2 Å². The molecule has 25 heavy (non-hydrogen) atoms. The average Bonchev–Trinajstić information content (AvgIpc) is 3.00. The van der Waals surface area contributed by atoms with Gasteiger partial charge in [0.15, 0.2) is 5.96 Å². The Labute approximate surface area is 169 Å². The first-order chi connectivity index (χ1) is 11.7. The normalized spacial score (nSPS) is 11.1. The number of thioether (sulfide) groups is 1. The lowest BCUT2D eigenvalue weighted by Gasteiger charge is -2.11. The molecule has 1 aromatic heterocycles. The average molecular weight is 477 g/mol. The molecule has 5 nitrogen and oxygen atoms in total. The van der Waals surface area contributed by atoms with Crippen molar-refractivity contribution in [2.24, 2.45) is 12.0 Å². The van der Waals surface area contributed by atoms with E-state index in [1.807, 2.05) is 31.6 Å². The number of guanidine groups is 1. The summed E-state index contributed by atoms with van der Waals surface area (Å²) >= 11 is 1.73. The summed E-state index contributed by atoms with van der Waals surface area (Å²) in [5, 5.41) is 10.8. The molecule has 8 heteroatoms. The van der Waals surface area contributed by atoms with Gasteiger partial charge in [0, 0.05) is 38.3 Å². The van der Waals surface area contributed by atoms with Crippen LogP contribution in [0, 0.1) is 5.82 Å². The minimum absolute atomic E-state index is 0. The zero-order valence-corrected chi connectivity index (χ0v) is 17.7. The maximum absolute atomic E-state index is 12.8. The van der Waals surface area contributed by atoms with E-state index in [0.29, 0.717) is 0 Å². The molecule has 0 unspecified atom stereocenters. The first kappa shape index (κ1) is 21.8. The van der Waals surface area contributed by atoms with E-state index in [1.165, 1.54) is 17.7 Å². The number of aliphatic imine (C=N–C) groups is 1. The molecule has 0 atom stereocenters. The fourth-order valence-electron chi connectivity index (χ4n) is 2.15. The van der Waals surface area contributed by atoms with Crippen LogP contribution in [0.1, 0.15) is 12.0 Å². The number of aromatic nitrogens is 2. The number of hydrogen-bond donors (Lipinski definition) is 2. The van der Waals surface area contributed by atoms with E-state index in [-0.39, 0.29) is 29.8 Å². The second kappa shape index (κ2) is 12.1. The molecule has 0 aliphatic carbocycles. The van der Waals surface area contributed by atoms with E-state index >= 15 is 0 Å². The molecule has 1 aromatic carbocycles. The van der Waals surface area contributed by atoms with Crippen LogP contribution in [0.15, 0.2) is 46.5 Å². The summed E-state index contributed by atoms with van der Waals surface area (Å²) in [6.45, 7) is 1.66. The predicted molar refractivity (Wildman–Crippen MR) is 113 cm³/mol. The van der Waals surface area contributed by atoms with Gasteiger partial charge in [-0.05, 0) is 48.4 Å². The maximum Gasteiger partial charge on any atom is 0.190 e. The van der Waals surface area contributed by atoms with E-state index in [9.17, 15) is 4.39 Å². The highest BCUT2D eigenvalue weighted by Gasteiger charge is 2.00. The summed E-state index contributed by atoms with van der Waals surface area (Å²) in [6, 6.07) is 6.61. The lowest BCUT2D eigenvalue weighted by molar-refractivity contribution is 0.626. The van der Waals surface area contributed by atoms with Crippen LogP contribution < -0.4 is 10.6 Å². The highest BCUT2D eigenvalue weighted by atomic mass is 127. The fraction of sp³-hybridized carbons (Fsp3) is 0.412. The van der Waals surface area contributed by atoms with Crippen LogP contribution >= 0.6 is 35.7 Å². The first-order valence-corrected chi connectivity index (χ1v) is 8.96. The van der Waals surface area contributed by atoms with Crippen molar-refractivity contribution < 1.29 is 4.39 Å². The summed E-state index contributed by atoms with van der Waals surface area (Å²) in [5.41, 5.74) is 1.20. The highest BCUT2D eigenvalue weighted by molar-refractivity contribution is 14.0. The van der Waals surface area contributed by atoms with E-state index in [1.54, 1.807) is 23.5 Å². The fourth-order valence-corrected chi connectivity index (χ4v) is 3.00. The Balaban J connectivity index is 0.00000312. The van der Waals surface area contributed by atoms with Crippen LogP contribution in [-0.4, -0.2) is 41.6 Å². The molecular formula is C17H25FIN5S. The Bertz CT molecular complexity index is 645. The zero-order chi connectivity index (χ0) is 17.2. The molecule has 1 heterocycles. The van der Waals surface area contributed by atoms with Gasteiger partial charge in [0.2, 0.25) is 0 Å². The van der Waals surface area contributed by atoms with Gasteiger partial charge in [-0.2, -0.15) is 5.10 Å². The molecule has 2 rings (SSSR count). The van der Waals surface area contributed by atoms with Crippen molar-refractivity contribution in [2.45, 2.75) is 17.7 Å². The third kappa shape index (κ3) is 8.57. The van der Waals surface area contributed by atoms with E-state index in [2.05, 4.69) is 20.7 Å². The number of aryl methyl sites for hydroxylation is 1.